The number of carbonyl (C=O) groups is 6. The zero-order valence-electron chi connectivity index (χ0n) is 21.2. The van der Waals surface area contributed by atoms with Crippen molar-refractivity contribution < 1.29 is 52.2 Å². The third-order valence-corrected chi connectivity index (χ3v) is 9.16. The highest BCUT2D eigenvalue weighted by Crippen LogP contribution is 2.41. The highest BCUT2D eigenvalue weighted by molar-refractivity contribution is 8.00. The standard InChI is InChI=1S/C20H23N7O11S3/c1-8(28)38-15(24-35)9-5-40-17-12(16(30)27(17)13(9)18(31)32)22-14(29)11(10-6-39-7-21-10)23-19(33)25-3-4-26(20(25)34)41(2,36)37/h6-7,11-12,15,17,24,35H,3-5H2,1-2H3,(H,22,29)(H,23,33)(H,31,32)/t11?,12-,15?,17+/m0/s1. The summed E-state index contributed by atoms with van der Waals surface area (Å²) in [5.41, 5.74) is 2.51. The largest absolute Gasteiger partial charge is 0.477 e. The fraction of sp³-hybridized carbons (Fsp3) is 0.450. The lowest BCUT2D eigenvalue weighted by atomic mass is 10.0. The molecule has 3 aliphatic heterocycles. The van der Waals surface area contributed by atoms with Gasteiger partial charge in [-0.25, -0.2) is 37.0 Å². The van der Waals surface area contributed by atoms with Crippen LogP contribution in [0.3, 0.4) is 0 Å². The Hall–Kier alpha value is -3.79. The van der Waals surface area contributed by atoms with Gasteiger partial charge in [0.1, 0.15) is 17.1 Å². The molecule has 3 aliphatic rings. The molecule has 2 saturated heterocycles. The Balaban J connectivity index is 1.51. The van der Waals surface area contributed by atoms with Gasteiger partial charge in [0.05, 0.1) is 30.5 Å². The summed E-state index contributed by atoms with van der Waals surface area (Å²) in [6.45, 7) is 0.514. The Morgan fingerprint density at radius 1 is 1.22 bits per heavy atom. The number of nitrogens with one attached hydrogen (secondary N) is 3. The van der Waals surface area contributed by atoms with E-state index in [0.717, 1.165) is 41.2 Å². The van der Waals surface area contributed by atoms with Crippen molar-refractivity contribution >= 4 is 68.9 Å². The van der Waals surface area contributed by atoms with Crippen molar-refractivity contribution in [3.63, 3.8) is 0 Å². The average Bonchev–Trinajstić information content (AvgIpc) is 3.57. The summed E-state index contributed by atoms with van der Waals surface area (Å²) in [6.07, 6.45) is -0.727. The molecule has 4 heterocycles. The lowest BCUT2D eigenvalue weighted by Crippen LogP contribution is -2.71. The average molecular weight is 634 g/mol. The predicted octanol–water partition coefficient (Wildman–Crippen LogP) is -1.80. The van der Waals surface area contributed by atoms with E-state index in [9.17, 15) is 47.5 Å². The van der Waals surface area contributed by atoms with Gasteiger partial charge in [0, 0.05) is 23.6 Å². The lowest BCUT2D eigenvalue weighted by molar-refractivity contribution is -0.154. The van der Waals surface area contributed by atoms with E-state index < -0.39 is 75.2 Å². The highest BCUT2D eigenvalue weighted by Gasteiger charge is 2.55. The minimum atomic E-state index is -3.92. The van der Waals surface area contributed by atoms with Crippen LogP contribution in [0.15, 0.2) is 22.2 Å². The number of aromatic nitrogens is 1. The Morgan fingerprint density at radius 3 is 2.46 bits per heavy atom. The zero-order chi connectivity index (χ0) is 30.2. The Morgan fingerprint density at radius 2 is 1.93 bits per heavy atom. The number of hydroxylamine groups is 1. The minimum absolute atomic E-state index is 0.0686. The number of imide groups is 1. The second-order valence-electron chi connectivity index (χ2n) is 8.76. The van der Waals surface area contributed by atoms with Gasteiger partial charge in [0.15, 0.2) is 12.3 Å². The summed E-state index contributed by atoms with van der Waals surface area (Å²) in [6, 6.07) is -4.90. The van der Waals surface area contributed by atoms with E-state index >= 15 is 0 Å². The van der Waals surface area contributed by atoms with Gasteiger partial charge >= 0.3 is 24.0 Å². The molecule has 4 atom stereocenters. The molecule has 1 aromatic rings. The minimum Gasteiger partial charge on any atom is -0.477 e. The van der Waals surface area contributed by atoms with Crippen LogP contribution in [0, 0.1) is 0 Å². The fourth-order valence-electron chi connectivity index (χ4n) is 4.27. The second kappa shape index (κ2) is 11.6. The third-order valence-electron chi connectivity index (χ3n) is 6.11. The summed E-state index contributed by atoms with van der Waals surface area (Å²) >= 11 is 2.12. The van der Waals surface area contributed by atoms with Crippen molar-refractivity contribution in [1.82, 2.24) is 35.2 Å². The number of thioether (sulfide) groups is 1. The van der Waals surface area contributed by atoms with Gasteiger partial charge in [0.25, 0.3) is 5.91 Å². The number of esters is 1. The Labute approximate surface area is 239 Å². The van der Waals surface area contributed by atoms with Gasteiger partial charge in [-0.3, -0.25) is 19.3 Å². The van der Waals surface area contributed by atoms with Crippen LogP contribution in [0.2, 0.25) is 0 Å². The molecule has 2 unspecified atom stereocenters. The fourth-order valence-corrected chi connectivity index (χ4v) is 7.02. The molecule has 18 nitrogen and oxygen atoms in total. The van der Waals surface area contributed by atoms with Crippen LogP contribution >= 0.6 is 23.1 Å². The molecule has 5 N–H and O–H groups in total. The first-order valence-electron chi connectivity index (χ1n) is 11.5. The number of carboxylic acid groups (broad SMARTS) is 1. The van der Waals surface area contributed by atoms with Crippen LogP contribution < -0.4 is 16.1 Å². The van der Waals surface area contributed by atoms with Crippen molar-refractivity contribution in [3.8, 4) is 0 Å². The number of aliphatic carboxylic acids is 1. The maximum absolute atomic E-state index is 13.3. The van der Waals surface area contributed by atoms with E-state index in [1.807, 2.05) is 0 Å². The summed E-state index contributed by atoms with van der Waals surface area (Å²) < 4.78 is 29.0. The van der Waals surface area contributed by atoms with Crippen molar-refractivity contribution in [2.45, 2.75) is 30.6 Å². The van der Waals surface area contributed by atoms with Gasteiger partial charge in [-0.1, -0.05) is 0 Å². The first-order valence-corrected chi connectivity index (χ1v) is 15.4. The number of hydrogen-bond donors (Lipinski definition) is 5. The smallest absolute Gasteiger partial charge is 0.352 e. The van der Waals surface area contributed by atoms with Crippen LogP contribution in [0.4, 0.5) is 9.59 Å². The molecule has 1 aromatic heterocycles. The first kappa shape index (κ1) is 30.2. The molecule has 6 amide bonds. The number of ether oxygens (including phenoxy) is 1. The van der Waals surface area contributed by atoms with E-state index in [4.69, 9.17) is 4.74 Å². The van der Waals surface area contributed by atoms with Crippen molar-refractivity contribution in [1.29, 1.82) is 0 Å². The quantitative estimate of drug-likeness (QED) is 0.0872. The van der Waals surface area contributed by atoms with Gasteiger partial charge in [0.2, 0.25) is 15.9 Å². The number of sulfonamides is 1. The number of rotatable bonds is 9. The Kier molecular flexibility index (Phi) is 8.54. The number of amides is 6. The van der Waals surface area contributed by atoms with Crippen LogP contribution in [0.1, 0.15) is 18.7 Å². The zero-order valence-corrected chi connectivity index (χ0v) is 23.6. The maximum atomic E-state index is 13.3. The molecule has 0 saturated carbocycles. The molecule has 222 valence electrons. The normalized spacial score (nSPS) is 22.1. The van der Waals surface area contributed by atoms with Crippen LogP contribution in [-0.2, 0) is 33.9 Å². The number of carboxylic acids is 1. The SMILES string of the molecule is CC(=O)OC(NO)C1=C(C(=O)O)N2C(=O)[C@H](NC(=O)C(NC(=O)N3CCN(S(C)(=O)=O)C3=O)c3cscn3)[C@H]2SC1. The lowest BCUT2D eigenvalue weighted by Gasteiger charge is -2.50. The summed E-state index contributed by atoms with van der Waals surface area (Å²) in [5, 5.41) is 24.5. The van der Waals surface area contributed by atoms with Gasteiger partial charge in [-0.05, 0) is 0 Å². The topological polar surface area (TPSA) is 245 Å². The number of hydrogen-bond acceptors (Lipinski definition) is 14. The molecule has 21 heteroatoms. The maximum Gasteiger partial charge on any atom is 0.352 e. The van der Waals surface area contributed by atoms with E-state index in [1.165, 1.54) is 10.9 Å². The molecular weight excluding hydrogens is 610 g/mol. The number of fused-ring (bicyclic) bond motifs is 1. The van der Waals surface area contributed by atoms with Gasteiger partial charge in [-0.2, -0.15) is 5.48 Å². The molecule has 0 aromatic carbocycles. The number of nitrogens with zero attached hydrogens (tertiary/aromatic N) is 4. The summed E-state index contributed by atoms with van der Waals surface area (Å²) in [5.74, 6) is -4.20. The van der Waals surface area contributed by atoms with E-state index in [2.05, 4.69) is 15.6 Å². The van der Waals surface area contributed by atoms with Crippen LogP contribution in [-0.4, -0.2) is 116 Å². The van der Waals surface area contributed by atoms with Crippen molar-refractivity contribution in [2.24, 2.45) is 0 Å². The molecule has 0 aliphatic carbocycles. The molecule has 0 spiro atoms. The number of urea groups is 2. The summed E-state index contributed by atoms with van der Waals surface area (Å²) in [7, 11) is -3.92. The molecule has 41 heavy (non-hydrogen) atoms. The van der Waals surface area contributed by atoms with Crippen molar-refractivity contribution in [2.75, 3.05) is 25.1 Å². The predicted molar refractivity (Wildman–Crippen MR) is 137 cm³/mol. The first-order chi connectivity index (χ1) is 19.3. The molecular formula is C20H23N7O11S3. The van der Waals surface area contributed by atoms with E-state index in [0.29, 0.717) is 9.21 Å². The van der Waals surface area contributed by atoms with Crippen molar-refractivity contribution in [3.05, 3.63) is 27.9 Å². The van der Waals surface area contributed by atoms with Crippen LogP contribution in [0.5, 0.6) is 0 Å². The third kappa shape index (κ3) is 5.84. The molecule has 0 radical (unpaired) electrons. The monoisotopic (exact) mass is 633 g/mol. The number of β-lactam (4-membered cyclic amide) rings is 1. The molecule has 4 rings (SSSR count). The van der Waals surface area contributed by atoms with Gasteiger partial charge < -0.3 is 25.7 Å². The summed E-state index contributed by atoms with van der Waals surface area (Å²) in [4.78, 5) is 80.6. The number of thiazole rings is 1. The van der Waals surface area contributed by atoms with E-state index in [1.54, 1.807) is 5.48 Å². The van der Waals surface area contributed by atoms with Gasteiger partial charge in [-0.15, -0.1) is 23.1 Å². The van der Waals surface area contributed by atoms with Crippen LogP contribution in [0.25, 0.3) is 0 Å². The van der Waals surface area contributed by atoms with E-state index in [-0.39, 0.29) is 30.1 Å². The Bertz CT molecular complexity index is 1430. The molecule has 0 bridgehead atoms. The second-order valence-corrected chi connectivity index (χ2v) is 12.5. The molecule has 2 fully saturated rings. The highest BCUT2D eigenvalue weighted by atomic mass is 32.2. The number of carbonyl (C=O) groups excluding carboxylic acids is 5.